The van der Waals surface area contributed by atoms with Gasteiger partial charge in [0.25, 0.3) is 0 Å². The number of methoxy groups -OCH3 is 1. The quantitative estimate of drug-likeness (QED) is 0.574. The van der Waals surface area contributed by atoms with Crippen molar-refractivity contribution in [1.29, 1.82) is 0 Å². The molecule has 0 fully saturated rings. The van der Waals surface area contributed by atoms with Crippen molar-refractivity contribution >= 4 is 5.69 Å². The Hall–Kier alpha value is -1.43. The summed E-state index contributed by atoms with van der Waals surface area (Å²) in [5.74, 6) is 4.79. The van der Waals surface area contributed by atoms with Crippen LogP contribution in [-0.2, 0) is 6.18 Å². The fourth-order valence-corrected chi connectivity index (χ4v) is 1.02. The molecule has 1 aromatic rings. The van der Waals surface area contributed by atoms with Gasteiger partial charge in [-0.1, -0.05) is 0 Å². The third-order valence-electron chi connectivity index (χ3n) is 1.67. The fraction of sp³-hybridized carbons (Fsp3) is 0.250. The monoisotopic (exact) mass is 206 g/mol. The number of hydrazine groups is 1. The van der Waals surface area contributed by atoms with E-state index < -0.39 is 11.7 Å². The molecule has 0 saturated heterocycles. The number of ether oxygens (including phenoxy) is 1. The first kappa shape index (κ1) is 10.6. The third-order valence-corrected chi connectivity index (χ3v) is 1.67. The number of anilines is 1. The van der Waals surface area contributed by atoms with Crippen LogP contribution in [0.1, 0.15) is 5.56 Å². The van der Waals surface area contributed by atoms with Crippen LogP contribution in [0, 0.1) is 0 Å². The van der Waals surface area contributed by atoms with Crippen LogP contribution in [0.15, 0.2) is 18.2 Å². The maximum Gasteiger partial charge on any atom is 0.419 e. The van der Waals surface area contributed by atoms with E-state index in [1.165, 1.54) is 19.2 Å². The number of rotatable bonds is 2. The van der Waals surface area contributed by atoms with Crippen molar-refractivity contribution in [3.63, 3.8) is 0 Å². The van der Waals surface area contributed by atoms with Gasteiger partial charge in [0.15, 0.2) is 0 Å². The first-order valence-electron chi connectivity index (χ1n) is 3.71. The molecule has 0 spiro atoms. The van der Waals surface area contributed by atoms with Crippen molar-refractivity contribution in [2.75, 3.05) is 12.5 Å². The van der Waals surface area contributed by atoms with Crippen LogP contribution in [0.4, 0.5) is 18.9 Å². The standard InChI is InChI=1S/C8H9F3N2O/c1-14-7-4-5(13-12)2-3-6(7)8(9,10)11/h2-4,13H,12H2,1H3. The van der Waals surface area contributed by atoms with Crippen LogP contribution in [0.3, 0.4) is 0 Å². The smallest absolute Gasteiger partial charge is 0.419 e. The van der Waals surface area contributed by atoms with Gasteiger partial charge in [0.2, 0.25) is 0 Å². The summed E-state index contributed by atoms with van der Waals surface area (Å²) in [6.45, 7) is 0. The van der Waals surface area contributed by atoms with E-state index in [1.807, 2.05) is 0 Å². The minimum absolute atomic E-state index is 0.257. The molecule has 0 bridgehead atoms. The lowest BCUT2D eigenvalue weighted by molar-refractivity contribution is -0.138. The van der Waals surface area contributed by atoms with E-state index in [-0.39, 0.29) is 5.75 Å². The lowest BCUT2D eigenvalue weighted by atomic mass is 10.2. The van der Waals surface area contributed by atoms with Crippen molar-refractivity contribution < 1.29 is 17.9 Å². The predicted molar refractivity (Wildman–Crippen MR) is 45.8 cm³/mol. The Morgan fingerprint density at radius 3 is 2.43 bits per heavy atom. The summed E-state index contributed by atoms with van der Waals surface area (Å²) in [6.07, 6.45) is -4.42. The van der Waals surface area contributed by atoms with Crippen LogP contribution in [0.25, 0.3) is 0 Å². The SMILES string of the molecule is COc1cc(NN)ccc1C(F)(F)F. The summed E-state index contributed by atoms with van der Waals surface area (Å²) in [4.78, 5) is 0. The van der Waals surface area contributed by atoms with Crippen LogP contribution in [-0.4, -0.2) is 7.11 Å². The van der Waals surface area contributed by atoms with E-state index in [1.54, 1.807) is 0 Å². The summed E-state index contributed by atoms with van der Waals surface area (Å²) in [5.41, 5.74) is 1.77. The van der Waals surface area contributed by atoms with Crippen LogP contribution >= 0.6 is 0 Å². The van der Waals surface area contributed by atoms with Crippen molar-refractivity contribution in [2.45, 2.75) is 6.18 Å². The number of benzene rings is 1. The lowest BCUT2D eigenvalue weighted by Gasteiger charge is -2.12. The number of halogens is 3. The minimum atomic E-state index is -4.42. The summed E-state index contributed by atoms with van der Waals surface area (Å²) in [7, 11) is 1.17. The first-order valence-corrected chi connectivity index (χ1v) is 3.71. The molecule has 3 nitrogen and oxygen atoms in total. The predicted octanol–water partition coefficient (Wildman–Crippen LogP) is 2.00. The minimum Gasteiger partial charge on any atom is -0.496 e. The van der Waals surface area contributed by atoms with Crippen molar-refractivity contribution in [2.24, 2.45) is 5.84 Å². The van der Waals surface area contributed by atoms with E-state index in [2.05, 4.69) is 10.2 Å². The molecule has 3 N–H and O–H groups in total. The molecule has 0 aliphatic carbocycles. The number of hydrogen-bond donors (Lipinski definition) is 2. The molecule has 0 atom stereocenters. The molecule has 0 radical (unpaired) electrons. The highest BCUT2D eigenvalue weighted by Crippen LogP contribution is 2.37. The van der Waals surface area contributed by atoms with Gasteiger partial charge in [-0.2, -0.15) is 13.2 Å². The van der Waals surface area contributed by atoms with Crippen LogP contribution < -0.4 is 16.0 Å². The van der Waals surface area contributed by atoms with E-state index >= 15 is 0 Å². The molecule has 14 heavy (non-hydrogen) atoms. The molecule has 78 valence electrons. The lowest BCUT2D eigenvalue weighted by Crippen LogP contribution is -2.10. The maximum atomic E-state index is 12.3. The van der Waals surface area contributed by atoms with Crippen molar-refractivity contribution in [3.05, 3.63) is 23.8 Å². The van der Waals surface area contributed by atoms with E-state index in [0.29, 0.717) is 5.69 Å². The first-order chi connectivity index (χ1) is 6.49. The Balaban J connectivity index is 3.18. The molecule has 0 unspecified atom stereocenters. The molecule has 0 aliphatic rings. The normalized spacial score (nSPS) is 11.2. The summed E-state index contributed by atoms with van der Waals surface area (Å²) < 4.78 is 41.6. The highest BCUT2D eigenvalue weighted by Gasteiger charge is 2.34. The zero-order chi connectivity index (χ0) is 10.8. The molecule has 0 amide bonds. The van der Waals surface area contributed by atoms with Gasteiger partial charge >= 0.3 is 6.18 Å². The number of hydrogen-bond acceptors (Lipinski definition) is 3. The van der Waals surface area contributed by atoms with E-state index in [0.717, 1.165) is 6.07 Å². The number of nitrogen functional groups attached to an aromatic ring is 1. The van der Waals surface area contributed by atoms with E-state index in [9.17, 15) is 13.2 Å². The Labute approximate surface area is 78.6 Å². The second-order valence-electron chi connectivity index (χ2n) is 2.56. The molecular formula is C8H9F3N2O. The van der Waals surface area contributed by atoms with Crippen LogP contribution in [0.2, 0.25) is 0 Å². The largest absolute Gasteiger partial charge is 0.496 e. The Bertz CT molecular complexity index is 325. The van der Waals surface area contributed by atoms with Crippen molar-refractivity contribution in [1.82, 2.24) is 0 Å². The number of alkyl halides is 3. The second-order valence-corrected chi connectivity index (χ2v) is 2.56. The third kappa shape index (κ3) is 2.08. The molecule has 1 rings (SSSR count). The zero-order valence-corrected chi connectivity index (χ0v) is 7.35. The highest BCUT2D eigenvalue weighted by atomic mass is 19.4. The van der Waals surface area contributed by atoms with Crippen LogP contribution in [0.5, 0.6) is 5.75 Å². The molecule has 0 aliphatic heterocycles. The Morgan fingerprint density at radius 2 is 2.00 bits per heavy atom. The molecule has 6 heteroatoms. The average molecular weight is 206 g/mol. The second kappa shape index (κ2) is 3.75. The van der Waals surface area contributed by atoms with Gasteiger partial charge in [0, 0.05) is 6.07 Å². The van der Waals surface area contributed by atoms with Gasteiger partial charge in [-0.3, -0.25) is 5.84 Å². The van der Waals surface area contributed by atoms with Gasteiger partial charge in [-0.25, -0.2) is 0 Å². The van der Waals surface area contributed by atoms with E-state index in [4.69, 9.17) is 5.84 Å². The molecule has 0 saturated carbocycles. The van der Waals surface area contributed by atoms with Gasteiger partial charge < -0.3 is 10.2 Å². The average Bonchev–Trinajstić information content (AvgIpc) is 2.15. The highest BCUT2D eigenvalue weighted by molar-refractivity contribution is 5.51. The summed E-state index contributed by atoms with van der Waals surface area (Å²) >= 11 is 0. The Kier molecular flexibility index (Phi) is 2.85. The molecule has 0 heterocycles. The zero-order valence-electron chi connectivity index (χ0n) is 7.35. The van der Waals surface area contributed by atoms with Gasteiger partial charge in [-0.05, 0) is 12.1 Å². The Morgan fingerprint density at radius 1 is 1.36 bits per heavy atom. The number of nitrogens with two attached hydrogens (primary N) is 1. The summed E-state index contributed by atoms with van der Waals surface area (Å²) in [6, 6.07) is 3.32. The van der Waals surface area contributed by atoms with Gasteiger partial charge in [0.1, 0.15) is 5.75 Å². The molecular weight excluding hydrogens is 197 g/mol. The fourth-order valence-electron chi connectivity index (χ4n) is 1.02. The molecule has 0 aromatic heterocycles. The molecule has 1 aromatic carbocycles. The van der Waals surface area contributed by atoms with Gasteiger partial charge in [0.05, 0.1) is 18.4 Å². The topological polar surface area (TPSA) is 47.3 Å². The van der Waals surface area contributed by atoms with Crippen molar-refractivity contribution in [3.8, 4) is 5.75 Å². The summed E-state index contributed by atoms with van der Waals surface area (Å²) in [5, 5.41) is 0. The number of nitrogens with one attached hydrogen (secondary N) is 1. The van der Waals surface area contributed by atoms with Gasteiger partial charge in [-0.15, -0.1) is 0 Å². The maximum absolute atomic E-state index is 12.3.